The summed E-state index contributed by atoms with van der Waals surface area (Å²) in [5.74, 6) is -0.534. The van der Waals surface area contributed by atoms with Crippen LogP contribution in [0.25, 0.3) is 0 Å². The molecular formula is C25H25ClN4O3S. The zero-order chi connectivity index (χ0) is 23.9. The Bertz CT molecular complexity index is 1150. The molecule has 0 bridgehead atoms. The van der Waals surface area contributed by atoms with E-state index in [0.717, 1.165) is 31.6 Å². The van der Waals surface area contributed by atoms with Crippen LogP contribution in [-0.4, -0.2) is 48.3 Å². The van der Waals surface area contributed by atoms with Gasteiger partial charge in [-0.1, -0.05) is 35.9 Å². The van der Waals surface area contributed by atoms with Gasteiger partial charge in [0.25, 0.3) is 11.8 Å². The molecule has 0 radical (unpaired) electrons. The number of anilines is 2. The Morgan fingerprint density at radius 1 is 0.941 bits per heavy atom. The third kappa shape index (κ3) is 6.44. The van der Waals surface area contributed by atoms with Crippen molar-refractivity contribution < 1.29 is 14.4 Å². The number of amides is 3. The minimum absolute atomic E-state index is 0.0146. The number of nitrogens with one attached hydrogen (secondary N) is 3. The summed E-state index contributed by atoms with van der Waals surface area (Å²) < 4.78 is 0. The van der Waals surface area contributed by atoms with E-state index in [1.807, 2.05) is 35.7 Å². The normalized spacial score (nSPS) is 14.4. The molecule has 9 heteroatoms. The fraction of sp³-hybridized carbons (Fsp3) is 0.240. The summed E-state index contributed by atoms with van der Waals surface area (Å²) in [6.07, 6.45) is 1.50. The number of nitrogens with zero attached hydrogens (tertiary/aromatic N) is 1. The van der Waals surface area contributed by atoms with E-state index in [-0.39, 0.29) is 23.8 Å². The number of thiophene rings is 1. The molecule has 0 aliphatic carbocycles. The van der Waals surface area contributed by atoms with E-state index in [9.17, 15) is 14.4 Å². The largest absolute Gasteiger partial charge is 0.349 e. The van der Waals surface area contributed by atoms with E-state index in [1.54, 1.807) is 30.3 Å². The number of piperidine rings is 1. The summed E-state index contributed by atoms with van der Waals surface area (Å²) in [5.41, 5.74) is 1.60. The first-order valence-electron chi connectivity index (χ1n) is 11.0. The second kappa shape index (κ2) is 11.3. The molecule has 0 unspecified atom stereocenters. The van der Waals surface area contributed by atoms with Gasteiger partial charge in [-0.3, -0.25) is 19.3 Å². The van der Waals surface area contributed by atoms with Crippen molar-refractivity contribution in [2.45, 2.75) is 18.9 Å². The summed E-state index contributed by atoms with van der Waals surface area (Å²) in [6.45, 7) is 1.76. The number of hydrogen-bond donors (Lipinski definition) is 3. The van der Waals surface area contributed by atoms with Crippen LogP contribution in [0.2, 0.25) is 5.02 Å². The van der Waals surface area contributed by atoms with Gasteiger partial charge in [-0.15, -0.1) is 11.3 Å². The van der Waals surface area contributed by atoms with Crippen LogP contribution in [0.4, 0.5) is 11.4 Å². The van der Waals surface area contributed by atoms with E-state index in [1.165, 1.54) is 11.3 Å². The number of hydrogen-bond acceptors (Lipinski definition) is 5. The molecule has 3 amide bonds. The Kier molecular flexibility index (Phi) is 7.95. The lowest BCUT2D eigenvalue weighted by atomic mass is 10.0. The fourth-order valence-electron chi connectivity index (χ4n) is 3.78. The fourth-order valence-corrected chi connectivity index (χ4v) is 4.57. The number of likely N-dealkylation sites (tertiary alicyclic amines) is 1. The van der Waals surface area contributed by atoms with Crippen molar-refractivity contribution in [3.05, 3.63) is 81.5 Å². The number of carbonyl (C=O) groups is 3. The highest BCUT2D eigenvalue weighted by Crippen LogP contribution is 2.25. The zero-order valence-corrected chi connectivity index (χ0v) is 20.0. The third-order valence-corrected chi connectivity index (χ3v) is 6.77. The molecule has 2 heterocycles. The summed E-state index contributed by atoms with van der Waals surface area (Å²) >= 11 is 7.56. The first-order chi connectivity index (χ1) is 16.5. The van der Waals surface area contributed by atoms with Gasteiger partial charge >= 0.3 is 0 Å². The molecule has 7 nitrogen and oxygen atoms in total. The van der Waals surface area contributed by atoms with Gasteiger partial charge in [0.05, 0.1) is 22.1 Å². The van der Waals surface area contributed by atoms with Crippen LogP contribution in [0, 0.1) is 0 Å². The van der Waals surface area contributed by atoms with Crippen molar-refractivity contribution in [1.82, 2.24) is 10.2 Å². The summed E-state index contributed by atoms with van der Waals surface area (Å²) in [6, 6.07) is 17.7. The maximum absolute atomic E-state index is 12.8. The Morgan fingerprint density at radius 2 is 1.71 bits per heavy atom. The van der Waals surface area contributed by atoms with Crippen LogP contribution in [0.1, 0.15) is 32.9 Å². The first kappa shape index (κ1) is 23.9. The molecule has 0 atom stereocenters. The lowest BCUT2D eigenvalue weighted by molar-refractivity contribution is -0.117. The van der Waals surface area contributed by atoms with Crippen LogP contribution in [0.15, 0.2) is 66.0 Å². The Labute approximate surface area is 207 Å². The molecule has 1 fully saturated rings. The average molecular weight is 497 g/mol. The van der Waals surface area contributed by atoms with E-state index in [4.69, 9.17) is 11.6 Å². The smallest absolute Gasteiger partial charge is 0.265 e. The minimum atomic E-state index is -0.266. The van der Waals surface area contributed by atoms with Gasteiger partial charge in [0.15, 0.2) is 0 Å². The SMILES string of the molecule is O=C(CN1CCC(NC(=O)c2ccc(Cl)c(NC(=O)c3cccs3)c2)CC1)Nc1ccccc1. The highest BCUT2D eigenvalue weighted by Gasteiger charge is 2.23. The van der Waals surface area contributed by atoms with Gasteiger partial charge in [-0.05, 0) is 54.6 Å². The number of para-hydroxylation sites is 1. The molecule has 3 N–H and O–H groups in total. The predicted molar refractivity (Wildman–Crippen MR) is 136 cm³/mol. The summed E-state index contributed by atoms with van der Waals surface area (Å²) in [4.78, 5) is 40.1. The predicted octanol–water partition coefficient (Wildman–Crippen LogP) is 4.49. The van der Waals surface area contributed by atoms with Gasteiger partial charge in [0.1, 0.15) is 0 Å². The molecule has 1 aliphatic rings. The molecule has 176 valence electrons. The van der Waals surface area contributed by atoms with Crippen molar-refractivity contribution in [1.29, 1.82) is 0 Å². The monoisotopic (exact) mass is 496 g/mol. The maximum Gasteiger partial charge on any atom is 0.265 e. The van der Waals surface area contributed by atoms with Crippen LogP contribution < -0.4 is 16.0 Å². The van der Waals surface area contributed by atoms with Crippen molar-refractivity contribution in [2.24, 2.45) is 0 Å². The van der Waals surface area contributed by atoms with Crippen LogP contribution >= 0.6 is 22.9 Å². The van der Waals surface area contributed by atoms with Crippen molar-refractivity contribution in [3.8, 4) is 0 Å². The van der Waals surface area contributed by atoms with Crippen LogP contribution in [0.5, 0.6) is 0 Å². The number of carbonyl (C=O) groups excluding carboxylic acids is 3. The molecular weight excluding hydrogens is 472 g/mol. The Balaban J connectivity index is 1.26. The summed E-state index contributed by atoms with van der Waals surface area (Å²) in [5, 5.41) is 10.9. The number of rotatable bonds is 7. The molecule has 1 aromatic heterocycles. The van der Waals surface area contributed by atoms with E-state index in [2.05, 4.69) is 20.9 Å². The minimum Gasteiger partial charge on any atom is -0.349 e. The van der Waals surface area contributed by atoms with Gasteiger partial charge in [0, 0.05) is 30.4 Å². The lowest BCUT2D eigenvalue weighted by Crippen LogP contribution is -2.46. The second-order valence-corrected chi connectivity index (χ2v) is 9.42. The Morgan fingerprint density at radius 3 is 2.41 bits per heavy atom. The molecule has 2 aromatic carbocycles. The maximum atomic E-state index is 12.8. The molecule has 4 rings (SSSR count). The van der Waals surface area contributed by atoms with Gasteiger partial charge in [-0.25, -0.2) is 0 Å². The van der Waals surface area contributed by atoms with Gasteiger partial charge in [-0.2, -0.15) is 0 Å². The van der Waals surface area contributed by atoms with E-state index >= 15 is 0 Å². The molecule has 0 spiro atoms. The second-order valence-electron chi connectivity index (χ2n) is 8.06. The molecule has 1 aliphatic heterocycles. The molecule has 3 aromatic rings. The quantitative estimate of drug-likeness (QED) is 0.449. The van der Waals surface area contributed by atoms with Crippen molar-refractivity contribution in [2.75, 3.05) is 30.3 Å². The first-order valence-corrected chi connectivity index (χ1v) is 12.3. The molecule has 0 saturated carbocycles. The van der Waals surface area contributed by atoms with E-state index in [0.29, 0.717) is 27.7 Å². The molecule has 1 saturated heterocycles. The zero-order valence-electron chi connectivity index (χ0n) is 18.4. The topological polar surface area (TPSA) is 90.5 Å². The lowest BCUT2D eigenvalue weighted by Gasteiger charge is -2.31. The standard InChI is InChI=1S/C25H25ClN4O3S/c26-20-9-8-17(15-21(20)29-25(33)22-7-4-14-34-22)24(32)28-19-10-12-30(13-11-19)16-23(31)27-18-5-2-1-3-6-18/h1-9,14-15,19H,10-13,16H2,(H,27,31)(H,28,32)(H,29,33). The van der Waals surface area contributed by atoms with Crippen LogP contribution in [-0.2, 0) is 4.79 Å². The highest BCUT2D eigenvalue weighted by molar-refractivity contribution is 7.12. The van der Waals surface area contributed by atoms with E-state index < -0.39 is 0 Å². The highest BCUT2D eigenvalue weighted by atomic mass is 35.5. The van der Waals surface area contributed by atoms with Crippen LogP contribution in [0.3, 0.4) is 0 Å². The van der Waals surface area contributed by atoms with Gasteiger partial charge < -0.3 is 16.0 Å². The van der Waals surface area contributed by atoms with Crippen molar-refractivity contribution in [3.63, 3.8) is 0 Å². The number of halogens is 1. The third-order valence-electron chi connectivity index (χ3n) is 5.57. The summed E-state index contributed by atoms with van der Waals surface area (Å²) in [7, 11) is 0. The van der Waals surface area contributed by atoms with Crippen molar-refractivity contribution >= 4 is 52.0 Å². The van der Waals surface area contributed by atoms with Gasteiger partial charge in [0.2, 0.25) is 5.91 Å². The number of benzene rings is 2. The Hall–Kier alpha value is -3.20. The molecule has 34 heavy (non-hydrogen) atoms. The average Bonchev–Trinajstić information content (AvgIpc) is 3.37.